The van der Waals surface area contributed by atoms with Crippen molar-refractivity contribution in [1.29, 1.82) is 0 Å². The lowest BCUT2D eigenvalue weighted by Crippen LogP contribution is -2.27. The molecule has 0 spiro atoms. The molecule has 0 radical (unpaired) electrons. The summed E-state index contributed by atoms with van der Waals surface area (Å²) in [5.74, 6) is 1.17. The second-order valence-electron chi connectivity index (χ2n) is 5.04. The fraction of sp³-hybridized carbons (Fsp3) is 0.571. The Morgan fingerprint density at radius 1 is 1.12 bits per heavy atom. The van der Waals surface area contributed by atoms with E-state index in [1.807, 2.05) is 18.2 Å². The van der Waals surface area contributed by atoms with Crippen LogP contribution < -0.4 is 0 Å². The Hall–Kier alpha value is -0.860. The van der Waals surface area contributed by atoms with E-state index >= 15 is 0 Å². The molecule has 0 amide bonds. The van der Waals surface area contributed by atoms with E-state index in [0.29, 0.717) is 24.5 Å². The lowest BCUT2D eigenvalue weighted by Gasteiger charge is -2.25. The van der Waals surface area contributed by atoms with Crippen LogP contribution in [0.25, 0.3) is 0 Å². The largest absolute Gasteiger partial charge is 0.393 e. The maximum absolute atomic E-state index is 9.67. The Labute approximate surface area is 96.2 Å². The number of benzene rings is 1. The zero-order chi connectivity index (χ0) is 11.0. The van der Waals surface area contributed by atoms with Gasteiger partial charge in [0.05, 0.1) is 18.8 Å². The molecule has 0 aliphatic heterocycles. The van der Waals surface area contributed by atoms with E-state index in [4.69, 9.17) is 4.74 Å². The minimum absolute atomic E-state index is 0.0541. The van der Waals surface area contributed by atoms with Crippen LogP contribution in [-0.2, 0) is 11.3 Å². The average Bonchev–Trinajstić information content (AvgIpc) is 3.11. The summed E-state index contributed by atoms with van der Waals surface area (Å²) in [6.07, 6.45) is 3.44. The van der Waals surface area contributed by atoms with Gasteiger partial charge in [-0.15, -0.1) is 0 Å². The Kier molecular flexibility index (Phi) is 2.70. The highest BCUT2D eigenvalue weighted by atomic mass is 16.5. The summed E-state index contributed by atoms with van der Waals surface area (Å²) in [7, 11) is 0. The van der Waals surface area contributed by atoms with Crippen LogP contribution in [0.15, 0.2) is 30.3 Å². The zero-order valence-corrected chi connectivity index (χ0v) is 9.38. The first-order chi connectivity index (χ1) is 7.84. The lowest BCUT2D eigenvalue weighted by molar-refractivity contribution is -0.0198. The summed E-state index contributed by atoms with van der Waals surface area (Å²) < 4.78 is 5.96. The van der Waals surface area contributed by atoms with E-state index in [1.165, 1.54) is 12.0 Å². The third-order valence-electron chi connectivity index (χ3n) is 3.92. The van der Waals surface area contributed by atoms with E-state index in [-0.39, 0.29) is 6.10 Å². The zero-order valence-electron chi connectivity index (χ0n) is 9.38. The van der Waals surface area contributed by atoms with Crippen LogP contribution >= 0.6 is 0 Å². The number of rotatable bonds is 3. The molecule has 2 heteroatoms. The van der Waals surface area contributed by atoms with Crippen molar-refractivity contribution in [1.82, 2.24) is 0 Å². The number of aliphatic hydroxyl groups excluding tert-OH is 1. The van der Waals surface area contributed by atoms with Crippen molar-refractivity contribution in [2.45, 2.75) is 38.1 Å². The van der Waals surface area contributed by atoms with Crippen molar-refractivity contribution in [3.8, 4) is 0 Å². The van der Waals surface area contributed by atoms with Crippen LogP contribution in [0, 0.1) is 11.8 Å². The van der Waals surface area contributed by atoms with Crippen molar-refractivity contribution in [2.24, 2.45) is 11.8 Å². The topological polar surface area (TPSA) is 29.5 Å². The normalized spacial score (nSPS) is 36.8. The SMILES string of the molecule is O[C@H]1CC[C@H](OCc2ccccc2)[C@H]2C[C@H]21. The van der Waals surface area contributed by atoms with Crippen LogP contribution in [-0.4, -0.2) is 17.3 Å². The van der Waals surface area contributed by atoms with E-state index in [9.17, 15) is 5.11 Å². The van der Waals surface area contributed by atoms with Crippen LogP contribution in [0.1, 0.15) is 24.8 Å². The van der Waals surface area contributed by atoms with Gasteiger partial charge in [0.15, 0.2) is 0 Å². The first-order valence-electron chi connectivity index (χ1n) is 6.18. The fourth-order valence-corrected chi connectivity index (χ4v) is 2.85. The highest BCUT2D eigenvalue weighted by Gasteiger charge is 2.50. The molecule has 0 heterocycles. The molecule has 2 fully saturated rings. The minimum atomic E-state index is -0.0541. The van der Waals surface area contributed by atoms with Gasteiger partial charge < -0.3 is 9.84 Å². The Balaban J connectivity index is 1.53. The maximum Gasteiger partial charge on any atom is 0.0720 e. The smallest absolute Gasteiger partial charge is 0.0720 e. The molecule has 16 heavy (non-hydrogen) atoms. The molecular formula is C14H18O2. The van der Waals surface area contributed by atoms with Gasteiger partial charge in [-0.25, -0.2) is 0 Å². The van der Waals surface area contributed by atoms with Crippen molar-refractivity contribution >= 4 is 0 Å². The number of aliphatic hydroxyl groups is 1. The van der Waals surface area contributed by atoms with Crippen molar-refractivity contribution in [3.05, 3.63) is 35.9 Å². The summed E-state index contributed by atoms with van der Waals surface area (Å²) in [4.78, 5) is 0. The third kappa shape index (κ3) is 2.00. The molecule has 2 aliphatic rings. The van der Waals surface area contributed by atoms with Crippen molar-refractivity contribution in [2.75, 3.05) is 0 Å². The molecule has 2 saturated carbocycles. The lowest BCUT2D eigenvalue weighted by atomic mass is 9.95. The molecule has 1 aromatic rings. The first kappa shape index (κ1) is 10.3. The van der Waals surface area contributed by atoms with Crippen molar-refractivity contribution < 1.29 is 9.84 Å². The second-order valence-corrected chi connectivity index (χ2v) is 5.04. The van der Waals surface area contributed by atoms with E-state index < -0.39 is 0 Å². The van der Waals surface area contributed by atoms with Crippen LogP contribution in [0.4, 0.5) is 0 Å². The number of fused-ring (bicyclic) bond motifs is 1. The molecule has 4 atom stereocenters. The Bertz CT molecular complexity index is 349. The summed E-state index contributed by atoms with van der Waals surface area (Å²) in [5.41, 5.74) is 1.24. The predicted molar refractivity (Wildman–Crippen MR) is 61.9 cm³/mol. The molecule has 0 bridgehead atoms. The quantitative estimate of drug-likeness (QED) is 0.844. The molecule has 1 aromatic carbocycles. The average molecular weight is 218 g/mol. The van der Waals surface area contributed by atoms with Gasteiger partial charge in [-0.1, -0.05) is 30.3 Å². The first-order valence-corrected chi connectivity index (χ1v) is 6.18. The van der Waals surface area contributed by atoms with Gasteiger partial charge in [-0.05, 0) is 36.7 Å². The predicted octanol–water partition coefficient (Wildman–Crippen LogP) is 2.36. The minimum Gasteiger partial charge on any atom is -0.393 e. The highest BCUT2D eigenvalue weighted by molar-refractivity contribution is 5.13. The maximum atomic E-state index is 9.67. The number of hydrogen-bond donors (Lipinski definition) is 1. The molecule has 2 aliphatic carbocycles. The Morgan fingerprint density at radius 3 is 2.75 bits per heavy atom. The molecule has 3 rings (SSSR count). The molecular weight excluding hydrogens is 200 g/mol. The molecule has 0 unspecified atom stereocenters. The molecule has 2 nitrogen and oxygen atoms in total. The fourth-order valence-electron chi connectivity index (χ4n) is 2.85. The monoisotopic (exact) mass is 218 g/mol. The highest BCUT2D eigenvalue weighted by Crippen LogP contribution is 2.50. The van der Waals surface area contributed by atoms with Gasteiger partial charge in [0.1, 0.15) is 0 Å². The standard InChI is InChI=1S/C14H18O2/c15-13-6-7-14(12-8-11(12)13)16-9-10-4-2-1-3-5-10/h1-5,11-15H,6-9H2/t11-,12+,13+,14+/m1/s1. The van der Waals surface area contributed by atoms with Gasteiger partial charge in [0, 0.05) is 0 Å². The molecule has 1 N–H and O–H groups in total. The molecule has 0 saturated heterocycles. The van der Waals surface area contributed by atoms with Gasteiger partial charge in [-0.3, -0.25) is 0 Å². The van der Waals surface area contributed by atoms with Crippen LogP contribution in [0.2, 0.25) is 0 Å². The number of ether oxygens (including phenoxy) is 1. The molecule has 0 aromatic heterocycles. The van der Waals surface area contributed by atoms with Gasteiger partial charge in [0.2, 0.25) is 0 Å². The van der Waals surface area contributed by atoms with E-state index in [1.54, 1.807) is 0 Å². The van der Waals surface area contributed by atoms with Gasteiger partial charge in [-0.2, -0.15) is 0 Å². The summed E-state index contributed by atoms with van der Waals surface area (Å²) in [6, 6.07) is 10.3. The van der Waals surface area contributed by atoms with E-state index in [2.05, 4.69) is 12.1 Å². The van der Waals surface area contributed by atoms with Crippen LogP contribution in [0.3, 0.4) is 0 Å². The molecule has 86 valence electrons. The van der Waals surface area contributed by atoms with Crippen molar-refractivity contribution in [3.63, 3.8) is 0 Å². The number of hydrogen-bond acceptors (Lipinski definition) is 2. The van der Waals surface area contributed by atoms with Gasteiger partial charge in [0.25, 0.3) is 0 Å². The van der Waals surface area contributed by atoms with Gasteiger partial charge >= 0.3 is 0 Å². The third-order valence-corrected chi connectivity index (χ3v) is 3.92. The second kappa shape index (κ2) is 4.19. The summed E-state index contributed by atoms with van der Waals surface area (Å²) >= 11 is 0. The van der Waals surface area contributed by atoms with Crippen LogP contribution in [0.5, 0.6) is 0 Å². The Morgan fingerprint density at radius 2 is 1.94 bits per heavy atom. The summed E-state index contributed by atoms with van der Waals surface area (Å²) in [5, 5.41) is 9.67. The van der Waals surface area contributed by atoms with E-state index in [0.717, 1.165) is 12.8 Å². The summed E-state index contributed by atoms with van der Waals surface area (Å²) in [6.45, 7) is 0.713.